The van der Waals surface area contributed by atoms with E-state index in [4.69, 9.17) is 9.72 Å². The van der Waals surface area contributed by atoms with Crippen LogP contribution in [0.25, 0.3) is 22.6 Å². The highest BCUT2D eigenvalue weighted by Crippen LogP contribution is 2.36. The first-order valence-corrected chi connectivity index (χ1v) is 14.0. The van der Waals surface area contributed by atoms with E-state index in [1.165, 1.54) is 18.5 Å². The molecule has 0 radical (unpaired) electrons. The van der Waals surface area contributed by atoms with Gasteiger partial charge in [-0.05, 0) is 18.9 Å². The van der Waals surface area contributed by atoms with Gasteiger partial charge in [-0.3, -0.25) is 0 Å². The molecule has 0 amide bonds. The molecule has 0 aliphatic rings. The lowest BCUT2D eigenvalue weighted by Gasteiger charge is -2.23. The van der Waals surface area contributed by atoms with Crippen molar-refractivity contribution in [1.82, 2.24) is 14.9 Å². The summed E-state index contributed by atoms with van der Waals surface area (Å²) in [5.41, 5.74) is 5.34. The zero-order valence-electron chi connectivity index (χ0n) is 23.0. The second kappa shape index (κ2) is 13.8. The summed E-state index contributed by atoms with van der Waals surface area (Å²) in [4.78, 5) is 5.31. The second-order valence-corrected chi connectivity index (χ2v) is 9.80. The van der Waals surface area contributed by atoms with Gasteiger partial charge in [-0.2, -0.15) is 0 Å². The van der Waals surface area contributed by atoms with Crippen molar-refractivity contribution < 1.29 is 9.84 Å². The van der Waals surface area contributed by atoms with E-state index in [2.05, 4.69) is 84.4 Å². The van der Waals surface area contributed by atoms with Crippen LogP contribution in [0.4, 0.5) is 0 Å². The molecule has 0 aliphatic heterocycles. The number of rotatable bonds is 14. The number of ether oxygens (including phenoxy) is 1. The molecule has 2 N–H and O–H groups in total. The number of hydrogen-bond donors (Lipinski definition) is 2. The highest BCUT2D eigenvalue weighted by molar-refractivity contribution is 5.69. The SMILES string of the molecule is CCCCCn1c(-c2ccccc2)nc(-c2ccccc2)c1C(CCCC)NCc1cccc(OC)c1O. The van der Waals surface area contributed by atoms with Gasteiger partial charge in [0.15, 0.2) is 11.5 Å². The maximum atomic E-state index is 10.7. The largest absolute Gasteiger partial charge is 0.504 e. The summed E-state index contributed by atoms with van der Waals surface area (Å²) in [5, 5.41) is 14.6. The van der Waals surface area contributed by atoms with Gasteiger partial charge in [-0.25, -0.2) is 4.98 Å². The average Bonchev–Trinajstić information content (AvgIpc) is 3.34. The highest BCUT2D eigenvalue weighted by atomic mass is 16.5. The molecule has 0 fully saturated rings. The normalized spacial score (nSPS) is 12.0. The van der Waals surface area contributed by atoms with E-state index in [1.54, 1.807) is 13.2 Å². The van der Waals surface area contributed by atoms with E-state index in [9.17, 15) is 5.11 Å². The lowest BCUT2D eigenvalue weighted by Crippen LogP contribution is -2.25. The third kappa shape index (κ3) is 6.46. The zero-order chi connectivity index (χ0) is 26.7. The second-order valence-electron chi connectivity index (χ2n) is 9.80. The topological polar surface area (TPSA) is 59.3 Å². The third-order valence-corrected chi connectivity index (χ3v) is 7.09. The maximum Gasteiger partial charge on any atom is 0.162 e. The van der Waals surface area contributed by atoms with Crippen molar-refractivity contribution in [1.29, 1.82) is 0 Å². The highest BCUT2D eigenvalue weighted by Gasteiger charge is 2.26. The Morgan fingerprint density at radius 2 is 1.53 bits per heavy atom. The van der Waals surface area contributed by atoms with E-state index >= 15 is 0 Å². The Labute approximate surface area is 227 Å². The molecule has 1 heterocycles. The molecule has 0 saturated carbocycles. The van der Waals surface area contributed by atoms with Gasteiger partial charge in [0.05, 0.1) is 24.5 Å². The van der Waals surface area contributed by atoms with Gasteiger partial charge in [0.25, 0.3) is 0 Å². The van der Waals surface area contributed by atoms with Crippen molar-refractivity contribution in [2.75, 3.05) is 7.11 Å². The van der Waals surface area contributed by atoms with Gasteiger partial charge in [0.1, 0.15) is 5.82 Å². The van der Waals surface area contributed by atoms with Gasteiger partial charge in [0, 0.05) is 29.8 Å². The van der Waals surface area contributed by atoms with Crippen LogP contribution in [-0.2, 0) is 13.1 Å². The standard InChI is InChI=1S/C33H41N3O2/c1-4-6-14-23-36-31(28(21-7-5-2)34-24-27-20-15-22-29(38-3)32(27)37)30(25-16-10-8-11-17-25)35-33(36)26-18-12-9-13-19-26/h8-13,15-20,22,28,34,37H,4-7,14,21,23-24H2,1-3H3. The number of nitrogens with one attached hydrogen (secondary N) is 1. The Bertz CT molecular complexity index is 1270. The third-order valence-electron chi connectivity index (χ3n) is 7.09. The van der Waals surface area contributed by atoms with Crippen molar-refractivity contribution in [2.24, 2.45) is 0 Å². The number of aromatic hydroxyl groups is 1. The monoisotopic (exact) mass is 511 g/mol. The minimum absolute atomic E-state index is 0.0716. The molecule has 0 bridgehead atoms. The summed E-state index contributed by atoms with van der Waals surface area (Å²) in [6.07, 6.45) is 6.63. The van der Waals surface area contributed by atoms with Crippen LogP contribution in [0.1, 0.15) is 69.7 Å². The molecule has 3 aromatic carbocycles. The van der Waals surface area contributed by atoms with E-state index in [0.717, 1.165) is 60.4 Å². The number of nitrogens with zero attached hydrogens (tertiary/aromatic N) is 2. The summed E-state index contributed by atoms with van der Waals surface area (Å²) in [6.45, 7) is 5.93. The summed E-state index contributed by atoms with van der Waals surface area (Å²) in [7, 11) is 1.59. The fourth-order valence-electron chi connectivity index (χ4n) is 5.03. The molecule has 1 aromatic heterocycles. The van der Waals surface area contributed by atoms with Gasteiger partial charge < -0.3 is 19.7 Å². The predicted octanol–water partition coefficient (Wildman–Crippen LogP) is 8.14. The van der Waals surface area contributed by atoms with Crippen LogP contribution in [0.2, 0.25) is 0 Å². The molecule has 4 aromatic rings. The van der Waals surface area contributed by atoms with Gasteiger partial charge in [0.2, 0.25) is 0 Å². The number of hydrogen-bond acceptors (Lipinski definition) is 4. The molecule has 38 heavy (non-hydrogen) atoms. The molecule has 0 saturated heterocycles. The Kier molecular flexibility index (Phi) is 9.99. The first-order chi connectivity index (χ1) is 18.7. The number of unbranched alkanes of at least 4 members (excludes halogenated alkanes) is 3. The summed E-state index contributed by atoms with van der Waals surface area (Å²) in [5.74, 6) is 1.71. The van der Waals surface area contributed by atoms with E-state index in [-0.39, 0.29) is 11.8 Å². The predicted molar refractivity (Wildman–Crippen MR) is 156 cm³/mol. The molecule has 5 heteroatoms. The number of phenolic OH excluding ortho intramolecular Hbond substituents is 1. The Hall–Kier alpha value is -3.57. The number of phenols is 1. The molecule has 0 spiro atoms. The Balaban J connectivity index is 1.83. The van der Waals surface area contributed by atoms with Crippen LogP contribution in [0, 0.1) is 0 Å². The summed E-state index contributed by atoms with van der Waals surface area (Å²) in [6, 6.07) is 26.8. The van der Waals surface area contributed by atoms with Crippen molar-refractivity contribution in [3.63, 3.8) is 0 Å². The number of benzene rings is 3. The summed E-state index contributed by atoms with van der Waals surface area (Å²) >= 11 is 0. The van der Waals surface area contributed by atoms with E-state index < -0.39 is 0 Å². The van der Waals surface area contributed by atoms with Gasteiger partial charge >= 0.3 is 0 Å². The molecule has 0 aliphatic carbocycles. The maximum absolute atomic E-state index is 10.7. The smallest absolute Gasteiger partial charge is 0.162 e. The van der Waals surface area contributed by atoms with Crippen LogP contribution in [0.3, 0.4) is 0 Å². The van der Waals surface area contributed by atoms with Crippen LogP contribution >= 0.6 is 0 Å². The van der Waals surface area contributed by atoms with Crippen molar-refractivity contribution in [3.05, 3.63) is 90.1 Å². The number of imidazole rings is 1. The molecular weight excluding hydrogens is 470 g/mol. The van der Waals surface area contributed by atoms with Gasteiger partial charge in [-0.15, -0.1) is 0 Å². The minimum atomic E-state index is 0.0716. The summed E-state index contributed by atoms with van der Waals surface area (Å²) < 4.78 is 7.80. The molecule has 5 nitrogen and oxygen atoms in total. The lowest BCUT2D eigenvalue weighted by molar-refractivity contribution is 0.367. The van der Waals surface area contributed by atoms with Crippen molar-refractivity contribution in [2.45, 2.75) is 71.5 Å². The molecular formula is C33H41N3O2. The Morgan fingerprint density at radius 3 is 2.18 bits per heavy atom. The number of methoxy groups -OCH3 is 1. The number of aromatic nitrogens is 2. The quantitative estimate of drug-likeness (QED) is 0.168. The first kappa shape index (κ1) is 27.5. The van der Waals surface area contributed by atoms with Crippen molar-refractivity contribution in [3.8, 4) is 34.1 Å². The van der Waals surface area contributed by atoms with E-state index in [0.29, 0.717) is 12.3 Å². The van der Waals surface area contributed by atoms with Crippen LogP contribution in [-0.4, -0.2) is 21.8 Å². The Morgan fingerprint density at radius 1 is 0.842 bits per heavy atom. The molecule has 4 rings (SSSR count). The van der Waals surface area contributed by atoms with Crippen LogP contribution in [0.5, 0.6) is 11.5 Å². The first-order valence-electron chi connectivity index (χ1n) is 14.0. The van der Waals surface area contributed by atoms with Crippen LogP contribution < -0.4 is 10.1 Å². The van der Waals surface area contributed by atoms with Crippen LogP contribution in [0.15, 0.2) is 78.9 Å². The fraction of sp³-hybridized carbons (Fsp3) is 0.364. The molecule has 1 atom stereocenters. The lowest BCUT2D eigenvalue weighted by atomic mass is 10.00. The average molecular weight is 512 g/mol. The zero-order valence-corrected chi connectivity index (χ0v) is 23.0. The fourth-order valence-corrected chi connectivity index (χ4v) is 5.03. The number of para-hydroxylation sites is 1. The van der Waals surface area contributed by atoms with Crippen molar-refractivity contribution >= 4 is 0 Å². The van der Waals surface area contributed by atoms with E-state index in [1.807, 2.05) is 12.1 Å². The molecule has 1 unspecified atom stereocenters. The van der Waals surface area contributed by atoms with Gasteiger partial charge in [-0.1, -0.05) is 112 Å². The molecule has 200 valence electrons. The minimum Gasteiger partial charge on any atom is -0.504 e.